The zero-order valence-corrected chi connectivity index (χ0v) is 18.0. The molecule has 29 heavy (non-hydrogen) atoms. The van der Waals surface area contributed by atoms with Crippen LogP contribution < -0.4 is 4.90 Å². The molecule has 1 unspecified atom stereocenters. The van der Waals surface area contributed by atoms with E-state index in [9.17, 15) is 9.18 Å². The largest absolute Gasteiger partial charge is 0.376 e. The minimum Gasteiger partial charge on any atom is -0.376 e. The lowest BCUT2D eigenvalue weighted by atomic mass is 10.2. The van der Waals surface area contributed by atoms with Gasteiger partial charge in [0.25, 0.3) is 0 Å². The molecule has 1 amide bonds. The molecular formula is C21H20ClFN2O2S2. The molecule has 1 aliphatic rings. The van der Waals surface area contributed by atoms with Crippen LogP contribution in [-0.2, 0) is 9.53 Å². The number of hydrogen-bond donors (Lipinski definition) is 0. The zero-order chi connectivity index (χ0) is 20.2. The maximum absolute atomic E-state index is 13.1. The summed E-state index contributed by atoms with van der Waals surface area (Å²) in [6.45, 7) is 1.25. The molecule has 1 fully saturated rings. The Bertz CT molecular complexity index is 990. The average Bonchev–Trinajstić information content (AvgIpc) is 3.36. The lowest BCUT2D eigenvalue weighted by Crippen LogP contribution is -2.37. The van der Waals surface area contributed by atoms with Gasteiger partial charge in [0.05, 0.1) is 22.9 Å². The number of benzene rings is 2. The summed E-state index contributed by atoms with van der Waals surface area (Å²) >= 11 is 9.10. The maximum atomic E-state index is 13.1. The Morgan fingerprint density at radius 3 is 2.90 bits per heavy atom. The van der Waals surface area contributed by atoms with E-state index in [0.29, 0.717) is 28.9 Å². The summed E-state index contributed by atoms with van der Waals surface area (Å²) in [5.41, 5.74) is 0.834. The summed E-state index contributed by atoms with van der Waals surface area (Å²) < 4.78 is 19.8. The zero-order valence-electron chi connectivity index (χ0n) is 15.6. The molecule has 2 aromatic carbocycles. The number of nitrogens with zero attached hydrogens (tertiary/aromatic N) is 2. The van der Waals surface area contributed by atoms with E-state index in [0.717, 1.165) is 34.6 Å². The van der Waals surface area contributed by atoms with Crippen LogP contribution in [0.1, 0.15) is 19.3 Å². The molecule has 1 aliphatic heterocycles. The van der Waals surface area contributed by atoms with E-state index in [1.54, 1.807) is 23.1 Å². The predicted octanol–water partition coefficient (Wildman–Crippen LogP) is 5.78. The van der Waals surface area contributed by atoms with Crippen LogP contribution >= 0.6 is 34.7 Å². The summed E-state index contributed by atoms with van der Waals surface area (Å²) in [5.74, 6) is 0.368. The Labute approximate surface area is 182 Å². The van der Waals surface area contributed by atoms with Crippen LogP contribution in [0.15, 0.2) is 47.4 Å². The van der Waals surface area contributed by atoms with Gasteiger partial charge >= 0.3 is 0 Å². The quantitative estimate of drug-likeness (QED) is 0.428. The first-order valence-electron chi connectivity index (χ1n) is 9.45. The van der Waals surface area contributed by atoms with Gasteiger partial charge in [0.15, 0.2) is 5.13 Å². The topological polar surface area (TPSA) is 42.4 Å². The van der Waals surface area contributed by atoms with Crippen LogP contribution in [0.3, 0.4) is 0 Å². The molecule has 1 saturated heterocycles. The van der Waals surface area contributed by atoms with E-state index in [1.165, 1.54) is 35.2 Å². The van der Waals surface area contributed by atoms with E-state index in [2.05, 4.69) is 4.98 Å². The first-order valence-corrected chi connectivity index (χ1v) is 11.6. The third-order valence-corrected chi connectivity index (χ3v) is 6.97. The van der Waals surface area contributed by atoms with Gasteiger partial charge in [-0.05, 0) is 55.3 Å². The van der Waals surface area contributed by atoms with Gasteiger partial charge in [-0.3, -0.25) is 9.69 Å². The molecule has 0 bridgehead atoms. The summed E-state index contributed by atoms with van der Waals surface area (Å²) in [7, 11) is 0. The lowest BCUT2D eigenvalue weighted by molar-refractivity contribution is -0.118. The molecule has 0 radical (unpaired) electrons. The highest BCUT2D eigenvalue weighted by atomic mass is 35.5. The van der Waals surface area contributed by atoms with Crippen LogP contribution in [0.2, 0.25) is 5.02 Å². The van der Waals surface area contributed by atoms with Gasteiger partial charge in [-0.15, -0.1) is 11.8 Å². The molecule has 8 heteroatoms. The minimum atomic E-state index is -0.260. The fraction of sp³-hybridized carbons (Fsp3) is 0.333. The van der Waals surface area contributed by atoms with Gasteiger partial charge in [0, 0.05) is 28.7 Å². The molecule has 4 rings (SSSR count). The number of amides is 1. The van der Waals surface area contributed by atoms with Gasteiger partial charge in [-0.1, -0.05) is 22.9 Å². The van der Waals surface area contributed by atoms with E-state index < -0.39 is 0 Å². The van der Waals surface area contributed by atoms with Gasteiger partial charge in [0.2, 0.25) is 5.91 Å². The van der Waals surface area contributed by atoms with E-state index >= 15 is 0 Å². The van der Waals surface area contributed by atoms with Crippen LogP contribution in [0, 0.1) is 5.82 Å². The Morgan fingerprint density at radius 1 is 1.31 bits per heavy atom. The third-order valence-electron chi connectivity index (χ3n) is 4.68. The number of halogens is 2. The van der Waals surface area contributed by atoms with Gasteiger partial charge in [0.1, 0.15) is 5.82 Å². The Hall–Kier alpha value is -1.67. The number of ether oxygens (including phenoxy) is 1. The molecule has 2 heterocycles. The number of carbonyl (C=O) groups excluding carboxylic acids is 1. The first-order chi connectivity index (χ1) is 14.1. The van der Waals surface area contributed by atoms with Crippen LogP contribution in [0.4, 0.5) is 9.52 Å². The van der Waals surface area contributed by atoms with Crippen molar-refractivity contribution in [1.29, 1.82) is 0 Å². The summed E-state index contributed by atoms with van der Waals surface area (Å²) in [6, 6.07) is 11.9. The highest BCUT2D eigenvalue weighted by molar-refractivity contribution is 7.99. The van der Waals surface area contributed by atoms with E-state index in [-0.39, 0.29) is 17.8 Å². The molecule has 0 N–H and O–H groups in total. The van der Waals surface area contributed by atoms with Gasteiger partial charge in [-0.25, -0.2) is 9.37 Å². The van der Waals surface area contributed by atoms with Crippen LogP contribution in [0.5, 0.6) is 0 Å². The maximum Gasteiger partial charge on any atom is 0.229 e. The summed E-state index contributed by atoms with van der Waals surface area (Å²) in [4.78, 5) is 20.4. The normalized spacial score (nSPS) is 16.4. The fourth-order valence-electron chi connectivity index (χ4n) is 3.20. The second-order valence-electron chi connectivity index (χ2n) is 6.80. The molecule has 3 aromatic rings. The molecule has 0 spiro atoms. The Balaban J connectivity index is 1.47. The highest BCUT2D eigenvalue weighted by Gasteiger charge is 2.26. The number of fused-ring (bicyclic) bond motifs is 1. The van der Waals surface area contributed by atoms with Crippen molar-refractivity contribution in [2.45, 2.75) is 30.3 Å². The molecule has 0 aliphatic carbocycles. The Kier molecular flexibility index (Phi) is 6.70. The molecular weight excluding hydrogens is 431 g/mol. The first kappa shape index (κ1) is 20.6. The SMILES string of the molecule is O=C(CCSc1ccc(F)cc1)N(CC1CCCO1)c1nc2ccc(Cl)cc2s1. The molecule has 152 valence electrons. The van der Waals surface area contributed by atoms with Crippen molar-refractivity contribution >= 4 is 56.0 Å². The van der Waals surface area contributed by atoms with E-state index in [4.69, 9.17) is 16.3 Å². The number of rotatable bonds is 7. The Morgan fingerprint density at radius 2 is 2.14 bits per heavy atom. The smallest absolute Gasteiger partial charge is 0.229 e. The van der Waals surface area contributed by atoms with Crippen molar-refractivity contribution in [3.05, 3.63) is 53.3 Å². The highest BCUT2D eigenvalue weighted by Crippen LogP contribution is 2.32. The van der Waals surface area contributed by atoms with Crippen molar-refractivity contribution in [1.82, 2.24) is 4.98 Å². The molecule has 1 aromatic heterocycles. The van der Waals surface area contributed by atoms with Crippen molar-refractivity contribution in [3.63, 3.8) is 0 Å². The monoisotopic (exact) mass is 450 g/mol. The standard InChI is InChI=1S/C21H20ClFN2O2S2/c22-14-3-8-18-19(12-14)29-21(24-18)25(13-16-2-1-10-27-16)20(26)9-11-28-17-6-4-15(23)5-7-17/h3-8,12,16H,1-2,9-11,13H2. The summed E-state index contributed by atoms with van der Waals surface area (Å²) in [5, 5.41) is 1.33. The van der Waals surface area contributed by atoms with Gasteiger partial charge < -0.3 is 4.74 Å². The second-order valence-corrected chi connectivity index (χ2v) is 9.41. The van der Waals surface area contributed by atoms with Crippen molar-refractivity contribution in [2.75, 3.05) is 23.8 Å². The van der Waals surface area contributed by atoms with Crippen molar-refractivity contribution in [3.8, 4) is 0 Å². The second kappa shape index (κ2) is 9.43. The number of thiazole rings is 1. The fourth-order valence-corrected chi connectivity index (χ4v) is 5.31. The average molecular weight is 451 g/mol. The summed E-state index contributed by atoms with van der Waals surface area (Å²) in [6.07, 6.45) is 2.37. The van der Waals surface area contributed by atoms with E-state index in [1.807, 2.05) is 12.1 Å². The van der Waals surface area contributed by atoms with Crippen LogP contribution in [-0.4, -0.2) is 35.9 Å². The number of thioether (sulfide) groups is 1. The number of aromatic nitrogens is 1. The predicted molar refractivity (Wildman–Crippen MR) is 118 cm³/mol. The van der Waals surface area contributed by atoms with Crippen molar-refractivity contribution in [2.24, 2.45) is 0 Å². The minimum absolute atomic E-state index is 0.0141. The molecule has 4 nitrogen and oxygen atoms in total. The lowest BCUT2D eigenvalue weighted by Gasteiger charge is -2.23. The van der Waals surface area contributed by atoms with Crippen molar-refractivity contribution < 1.29 is 13.9 Å². The number of anilines is 1. The molecule has 0 saturated carbocycles. The number of hydrogen-bond acceptors (Lipinski definition) is 5. The van der Waals surface area contributed by atoms with Crippen LogP contribution in [0.25, 0.3) is 10.2 Å². The van der Waals surface area contributed by atoms with Gasteiger partial charge in [-0.2, -0.15) is 0 Å². The number of carbonyl (C=O) groups is 1. The molecule has 1 atom stereocenters. The third kappa shape index (κ3) is 5.28.